The maximum Gasteiger partial charge on any atom is 0.285 e. The number of rotatable bonds is 5. The number of aromatic hydroxyl groups is 2. The number of H-pyrrole nitrogens is 1. The number of fused-ring (bicyclic) bond motifs is 1. The number of aromatic amines is 1. The maximum absolute atomic E-state index is 11.9. The van der Waals surface area contributed by atoms with Crippen LogP contribution in [0.4, 0.5) is 11.4 Å². The first-order valence-corrected chi connectivity index (χ1v) is 10.9. The first kappa shape index (κ1) is 24.6. The topological polar surface area (TPSA) is 160 Å². The molecule has 3 N–H and O–H groups in total. The second-order valence-corrected chi connectivity index (χ2v) is 7.91. The number of phenols is 2. The number of carbonyl (C=O) groups excluding carboxylic acids is 1. The zero-order valence-corrected chi connectivity index (χ0v) is 19.1. The van der Waals surface area contributed by atoms with Crippen LogP contribution in [0.1, 0.15) is 15.9 Å². The van der Waals surface area contributed by atoms with Gasteiger partial charge in [-0.3, -0.25) is 25.0 Å². The van der Waals surface area contributed by atoms with Crippen LogP contribution >= 0.6 is 0 Å². The SMILES string of the molecule is O=C(c1ccc(O)cc1)c1ccc(O)cc1.O=[N+]([O-])c1ccc(-c2cc3ccccc3[nH]2)c([N+](=O)[O-])c1. The van der Waals surface area contributed by atoms with Gasteiger partial charge in [-0.2, -0.15) is 0 Å². The second kappa shape index (κ2) is 10.4. The quantitative estimate of drug-likeness (QED) is 0.153. The summed E-state index contributed by atoms with van der Waals surface area (Å²) < 4.78 is 0. The Morgan fingerprint density at radius 2 is 1.27 bits per heavy atom. The molecule has 5 aromatic rings. The fourth-order valence-electron chi connectivity index (χ4n) is 3.62. The molecule has 0 unspecified atom stereocenters. The lowest BCUT2D eigenvalue weighted by atomic mass is 10.0. The Kier molecular flexibility index (Phi) is 6.92. The Balaban J connectivity index is 0.000000180. The molecule has 0 bridgehead atoms. The van der Waals surface area contributed by atoms with Crippen molar-refractivity contribution in [3.63, 3.8) is 0 Å². The van der Waals surface area contributed by atoms with Gasteiger partial charge in [-0.05, 0) is 66.7 Å². The molecule has 0 aliphatic rings. The van der Waals surface area contributed by atoms with Gasteiger partial charge in [-0.25, -0.2) is 0 Å². The molecule has 0 fully saturated rings. The first-order chi connectivity index (χ1) is 17.7. The van der Waals surface area contributed by atoms with Gasteiger partial charge in [0.1, 0.15) is 11.5 Å². The van der Waals surface area contributed by atoms with Crippen LogP contribution in [0.3, 0.4) is 0 Å². The normalized spacial score (nSPS) is 10.4. The number of nitrogens with one attached hydrogen (secondary N) is 1. The van der Waals surface area contributed by atoms with Crippen molar-refractivity contribution in [2.45, 2.75) is 0 Å². The van der Waals surface area contributed by atoms with Crippen molar-refractivity contribution in [2.75, 3.05) is 0 Å². The molecule has 10 heteroatoms. The third-order valence-corrected chi connectivity index (χ3v) is 5.47. The molecule has 184 valence electrons. The largest absolute Gasteiger partial charge is 0.508 e. The lowest BCUT2D eigenvalue weighted by Crippen LogP contribution is -2.00. The molecule has 1 heterocycles. The molecule has 1 aromatic heterocycles. The minimum absolute atomic E-state index is 0.127. The fraction of sp³-hybridized carbons (Fsp3) is 0. The van der Waals surface area contributed by atoms with E-state index in [-0.39, 0.29) is 28.7 Å². The molecule has 0 aliphatic carbocycles. The van der Waals surface area contributed by atoms with Crippen molar-refractivity contribution >= 4 is 28.1 Å². The van der Waals surface area contributed by atoms with Gasteiger partial charge in [0.25, 0.3) is 11.4 Å². The Bertz CT molecular complexity index is 1530. The average Bonchev–Trinajstić information content (AvgIpc) is 3.33. The highest BCUT2D eigenvalue weighted by Gasteiger charge is 2.21. The molecule has 0 aliphatic heterocycles. The Morgan fingerprint density at radius 3 is 1.78 bits per heavy atom. The van der Waals surface area contributed by atoms with Crippen LogP contribution in [-0.2, 0) is 0 Å². The summed E-state index contributed by atoms with van der Waals surface area (Å²) in [7, 11) is 0. The minimum atomic E-state index is -0.651. The fourth-order valence-corrected chi connectivity index (χ4v) is 3.62. The molecule has 0 saturated heterocycles. The maximum atomic E-state index is 11.9. The van der Waals surface area contributed by atoms with Gasteiger partial charge in [0, 0.05) is 28.1 Å². The molecular weight excluding hydrogens is 478 g/mol. The summed E-state index contributed by atoms with van der Waals surface area (Å²) >= 11 is 0. The Hall–Kier alpha value is -5.51. The standard InChI is InChI=1S/C14H9N3O4.C13H10O3/c18-16(19)10-5-6-11(14(8-10)17(20)21)13-7-9-3-1-2-4-12(9)15-13;14-11-5-1-9(2-6-11)13(16)10-3-7-12(15)8-4-10/h1-8,15H;1-8,14-15H. The van der Waals surface area contributed by atoms with E-state index in [9.17, 15) is 25.0 Å². The van der Waals surface area contributed by atoms with Crippen molar-refractivity contribution in [1.82, 2.24) is 4.98 Å². The number of non-ortho nitro benzene ring substituents is 1. The molecule has 10 nitrogen and oxygen atoms in total. The minimum Gasteiger partial charge on any atom is -0.508 e. The molecule has 0 radical (unpaired) electrons. The van der Waals surface area contributed by atoms with Gasteiger partial charge < -0.3 is 15.2 Å². The number of nitro benzene ring substituents is 2. The van der Waals surface area contributed by atoms with Crippen LogP contribution in [0.2, 0.25) is 0 Å². The third kappa shape index (κ3) is 5.60. The predicted molar refractivity (Wildman–Crippen MR) is 137 cm³/mol. The number of carbonyl (C=O) groups is 1. The highest BCUT2D eigenvalue weighted by atomic mass is 16.6. The molecule has 4 aromatic carbocycles. The summed E-state index contributed by atoms with van der Waals surface area (Å²) in [6.45, 7) is 0. The number of hydrogen-bond acceptors (Lipinski definition) is 7. The number of aromatic nitrogens is 1. The van der Waals surface area contributed by atoms with E-state index in [4.69, 9.17) is 10.2 Å². The van der Waals surface area contributed by atoms with Crippen LogP contribution in [0.15, 0.2) is 97.1 Å². The van der Waals surface area contributed by atoms with E-state index < -0.39 is 9.85 Å². The summed E-state index contributed by atoms with van der Waals surface area (Å²) in [5.74, 6) is 0.115. The van der Waals surface area contributed by atoms with E-state index in [0.29, 0.717) is 22.4 Å². The summed E-state index contributed by atoms with van der Waals surface area (Å²) in [4.78, 5) is 35.6. The predicted octanol–water partition coefficient (Wildman–Crippen LogP) is 5.98. The smallest absolute Gasteiger partial charge is 0.285 e. The molecule has 5 rings (SSSR count). The average molecular weight is 497 g/mol. The molecule has 0 amide bonds. The second-order valence-electron chi connectivity index (χ2n) is 7.91. The van der Waals surface area contributed by atoms with Gasteiger partial charge in [-0.1, -0.05) is 18.2 Å². The molecule has 0 spiro atoms. The first-order valence-electron chi connectivity index (χ1n) is 10.9. The van der Waals surface area contributed by atoms with Crippen molar-refractivity contribution in [2.24, 2.45) is 0 Å². The van der Waals surface area contributed by atoms with Crippen LogP contribution in [0, 0.1) is 20.2 Å². The van der Waals surface area contributed by atoms with Crippen LogP contribution in [0.25, 0.3) is 22.2 Å². The van der Waals surface area contributed by atoms with Crippen LogP contribution in [-0.4, -0.2) is 30.8 Å². The highest BCUT2D eigenvalue weighted by Crippen LogP contribution is 2.34. The van der Waals surface area contributed by atoms with Crippen LogP contribution < -0.4 is 0 Å². The van der Waals surface area contributed by atoms with Gasteiger partial charge >= 0.3 is 0 Å². The van der Waals surface area contributed by atoms with E-state index in [1.807, 2.05) is 24.3 Å². The number of phenolic OH excluding ortho intramolecular Hbond substituents is 2. The monoisotopic (exact) mass is 497 g/mol. The lowest BCUT2D eigenvalue weighted by molar-refractivity contribution is -0.393. The lowest BCUT2D eigenvalue weighted by Gasteiger charge is -2.01. The highest BCUT2D eigenvalue weighted by molar-refractivity contribution is 6.09. The van der Waals surface area contributed by atoms with Crippen LogP contribution in [0.5, 0.6) is 11.5 Å². The number of ketones is 1. The van der Waals surface area contributed by atoms with Gasteiger partial charge in [0.15, 0.2) is 5.78 Å². The van der Waals surface area contributed by atoms with Gasteiger partial charge in [-0.15, -0.1) is 0 Å². The van der Waals surface area contributed by atoms with Crippen molar-refractivity contribution in [3.05, 3.63) is 128 Å². The summed E-state index contributed by atoms with van der Waals surface area (Å²) in [5.41, 5.74) is 2.13. The van der Waals surface area contributed by atoms with Crippen molar-refractivity contribution < 1.29 is 24.9 Å². The number of benzene rings is 4. The summed E-state index contributed by atoms with van der Waals surface area (Å²) in [6.07, 6.45) is 0. The van der Waals surface area contributed by atoms with E-state index in [1.54, 1.807) is 30.3 Å². The van der Waals surface area contributed by atoms with Crippen molar-refractivity contribution in [3.8, 4) is 22.8 Å². The van der Waals surface area contributed by atoms with E-state index in [1.165, 1.54) is 36.4 Å². The van der Waals surface area contributed by atoms with E-state index >= 15 is 0 Å². The number of hydrogen-bond donors (Lipinski definition) is 3. The number of nitro groups is 2. The Labute approximate surface area is 209 Å². The third-order valence-electron chi connectivity index (χ3n) is 5.47. The van der Waals surface area contributed by atoms with Crippen molar-refractivity contribution in [1.29, 1.82) is 0 Å². The number of nitrogens with zero attached hydrogens (tertiary/aromatic N) is 2. The molecule has 37 heavy (non-hydrogen) atoms. The van der Waals surface area contributed by atoms with E-state index in [0.717, 1.165) is 17.0 Å². The van der Waals surface area contributed by atoms with Gasteiger partial charge in [0.2, 0.25) is 0 Å². The van der Waals surface area contributed by atoms with E-state index in [2.05, 4.69) is 4.98 Å². The molecule has 0 atom stereocenters. The number of para-hydroxylation sites is 1. The molecule has 0 saturated carbocycles. The summed E-state index contributed by atoms with van der Waals surface area (Å²) in [6, 6.07) is 25.0. The zero-order valence-electron chi connectivity index (χ0n) is 19.1. The van der Waals surface area contributed by atoms with Gasteiger partial charge in [0.05, 0.1) is 27.2 Å². The zero-order chi connectivity index (χ0) is 26.5. The summed E-state index contributed by atoms with van der Waals surface area (Å²) in [5, 5.41) is 41.0. The Morgan fingerprint density at radius 1 is 0.703 bits per heavy atom. The molecular formula is C27H19N3O7.